The lowest BCUT2D eigenvalue weighted by Gasteiger charge is -2.13. The van der Waals surface area contributed by atoms with Gasteiger partial charge in [0.15, 0.2) is 0 Å². The van der Waals surface area contributed by atoms with Crippen molar-refractivity contribution in [2.75, 3.05) is 19.3 Å². The molecule has 1 aromatic heterocycles. The van der Waals surface area contributed by atoms with Crippen molar-refractivity contribution in [2.24, 2.45) is 5.73 Å². The third-order valence-corrected chi connectivity index (χ3v) is 4.58. The van der Waals surface area contributed by atoms with Crippen LogP contribution in [0.1, 0.15) is 28.9 Å². The van der Waals surface area contributed by atoms with Crippen LogP contribution in [0.15, 0.2) is 18.3 Å². The summed E-state index contributed by atoms with van der Waals surface area (Å²) in [6, 6.07) is 3.55. The van der Waals surface area contributed by atoms with Gasteiger partial charge in [0.05, 0.1) is 12.1 Å². The second-order valence-corrected chi connectivity index (χ2v) is 5.75. The Morgan fingerprint density at radius 3 is 3.05 bits per heavy atom. The summed E-state index contributed by atoms with van der Waals surface area (Å²) < 4.78 is 0.244. The van der Waals surface area contributed by atoms with Crippen molar-refractivity contribution < 1.29 is 4.79 Å². The van der Waals surface area contributed by atoms with Crippen LogP contribution < -0.4 is 11.1 Å². The first-order valence-corrected chi connectivity index (χ1v) is 7.40. The van der Waals surface area contributed by atoms with Crippen molar-refractivity contribution in [1.29, 1.82) is 0 Å². The topological polar surface area (TPSA) is 68.0 Å². The van der Waals surface area contributed by atoms with Crippen LogP contribution in [-0.2, 0) is 0 Å². The summed E-state index contributed by atoms with van der Waals surface area (Å²) in [6.07, 6.45) is 6.01. The second kappa shape index (κ2) is 6.09. The Hall–Kier alpha value is -1.51. The fourth-order valence-corrected chi connectivity index (χ4v) is 2.48. The van der Waals surface area contributed by atoms with Gasteiger partial charge in [0.2, 0.25) is 0 Å². The van der Waals surface area contributed by atoms with E-state index >= 15 is 0 Å². The first-order chi connectivity index (χ1) is 9.21. The van der Waals surface area contributed by atoms with E-state index in [9.17, 15) is 4.79 Å². The van der Waals surface area contributed by atoms with Crippen LogP contribution in [0.2, 0.25) is 0 Å². The summed E-state index contributed by atoms with van der Waals surface area (Å²) in [5, 5.41) is 2.95. The number of carbonyl (C=O) groups excluding carboxylic acids is 1. The maximum absolute atomic E-state index is 12.1. The Morgan fingerprint density at radius 1 is 1.63 bits per heavy atom. The SMILES string of the molecule is CSC1(CNC(=O)c2ncccc2C#CCN)CC1. The number of nitrogens with one attached hydrogen (secondary N) is 1. The molecule has 0 atom stereocenters. The molecule has 0 saturated heterocycles. The number of hydrogen-bond acceptors (Lipinski definition) is 4. The van der Waals surface area contributed by atoms with Gasteiger partial charge < -0.3 is 11.1 Å². The normalized spacial score (nSPS) is 15.3. The molecule has 0 spiro atoms. The lowest BCUT2D eigenvalue weighted by atomic mass is 10.2. The highest BCUT2D eigenvalue weighted by Gasteiger charge is 2.42. The van der Waals surface area contributed by atoms with Crippen LogP contribution >= 0.6 is 11.8 Å². The first-order valence-electron chi connectivity index (χ1n) is 6.18. The van der Waals surface area contributed by atoms with Crippen molar-refractivity contribution in [3.05, 3.63) is 29.6 Å². The maximum atomic E-state index is 12.1. The molecule has 4 nitrogen and oxygen atoms in total. The number of pyridine rings is 1. The zero-order valence-electron chi connectivity index (χ0n) is 10.9. The Bertz CT molecular complexity index is 529. The molecule has 1 saturated carbocycles. The summed E-state index contributed by atoms with van der Waals surface area (Å²) in [7, 11) is 0. The number of aromatic nitrogens is 1. The molecule has 19 heavy (non-hydrogen) atoms. The molecule has 1 fully saturated rings. The molecule has 5 heteroatoms. The number of nitrogens with two attached hydrogens (primary N) is 1. The van der Waals surface area contributed by atoms with E-state index in [1.807, 2.05) is 11.8 Å². The molecule has 0 radical (unpaired) electrons. The van der Waals surface area contributed by atoms with Crippen LogP contribution in [0, 0.1) is 11.8 Å². The number of carbonyl (C=O) groups is 1. The Labute approximate surface area is 117 Å². The van der Waals surface area contributed by atoms with E-state index in [1.165, 1.54) is 0 Å². The van der Waals surface area contributed by atoms with Gasteiger partial charge in [-0.25, -0.2) is 4.98 Å². The number of rotatable bonds is 4. The van der Waals surface area contributed by atoms with E-state index in [2.05, 4.69) is 28.4 Å². The molecule has 0 bridgehead atoms. The largest absolute Gasteiger partial charge is 0.349 e. The number of thioether (sulfide) groups is 1. The monoisotopic (exact) mass is 275 g/mol. The molecule has 1 aromatic rings. The third kappa shape index (κ3) is 3.49. The minimum absolute atomic E-state index is 0.165. The maximum Gasteiger partial charge on any atom is 0.271 e. The summed E-state index contributed by atoms with van der Waals surface area (Å²) in [5.74, 6) is 5.46. The van der Waals surface area contributed by atoms with Gasteiger partial charge in [-0.2, -0.15) is 11.8 Å². The lowest BCUT2D eigenvalue weighted by Crippen LogP contribution is -2.32. The Balaban J connectivity index is 2.06. The van der Waals surface area contributed by atoms with Gasteiger partial charge in [-0.15, -0.1) is 0 Å². The molecular weight excluding hydrogens is 258 g/mol. The van der Waals surface area contributed by atoms with Crippen LogP contribution in [0.25, 0.3) is 0 Å². The van der Waals surface area contributed by atoms with Gasteiger partial charge in [-0.1, -0.05) is 11.8 Å². The van der Waals surface area contributed by atoms with Crippen molar-refractivity contribution >= 4 is 17.7 Å². The Kier molecular flexibility index (Phi) is 4.46. The van der Waals surface area contributed by atoms with Gasteiger partial charge in [0.25, 0.3) is 5.91 Å². The van der Waals surface area contributed by atoms with E-state index in [1.54, 1.807) is 18.3 Å². The third-order valence-electron chi connectivity index (χ3n) is 3.16. The minimum atomic E-state index is -0.165. The van der Waals surface area contributed by atoms with Gasteiger partial charge >= 0.3 is 0 Å². The number of nitrogens with zero attached hydrogens (tertiary/aromatic N) is 1. The van der Waals surface area contributed by atoms with Crippen LogP contribution in [0.4, 0.5) is 0 Å². The van der Waals surface area contributed by atoms with E-state index in [-0.39, 0.29) is 17.2 Å². The molecule has 0 unspecified atom stereocenters. The molecule has 100 valence electrons. The highest BCUT2D eigenvalue weighted by atomic mass is 32.2. The predicted octanol–water partition coefficient (Wildman–Crippen LogP) is 1.02. The van der Waals surface area contributed by atoms with Crippen molar-refractivity contribution in [3.8, 4) is 11.8 Å². The predicted molar refractivity (Wildman–Crippen MR) is 78.0 cm³/mol. The first kappa shape index (κ1) is 13.9. The summed E-state index contributed by atoms with van der Waals surface area (Å²) in [5.41, 5.74) is 6.35. The van der Waals surface area contributed by atoms with E-state index in [0.29, 0.717) is 17.8 Å². The minimum Gasteiger partial charge on any atom is -0.349 e. The number of hydrogen-bond donors (Lipinski definition) is 2. The van der Waals surface area contributed by atoms with Crippen molar-refractivity contribution in [2.45, 2.75) is 17.6 Å². The molecule has 1 aliphatic carbocycles. The molecular formula is C14H17N3OS. The van der Waals surface area contributed by atoms with Gasteiger partial charge in [-0.3, -0.25) is 4.79 Å². The lowest BCUT2D eigenvalue weighted by molar-refractivity contribution is 0.0948. The molecule has 1 amide bonds. The van der Waals surface area contributed by atoms with Crippen molar-refractivity contribution in [1.82, 2.24) is 10.3 Å². The highest BCUT2D eigenvalue weighted by molar-refractivity contribution is 8.00. The fourth-order valence-electron chi connectivity index (χ4n) is 1.75. The Morgan fingerprint density at radius 2 is 2.42 bits per heavy atom. The summed E-state index contributed by atoms with van der Waals surface area (Å²) >= 11 is 1.81. The summed E-state index contributed by atoms with van der Waals surface area (Å²) in [4.78, 5) is 16.3. The molecule has 0 aromatic carbocycles. The summed E-state index contributed by atoms with van der Waals surface area (Å²) in [6.45, 7) is 0.957. The molecule has 2 rings (SSSR count). The fraction of sp³-hybridized carbons (Fsp3) is 0.429. The van der Waals surface area contributed by atoms with Crippen LogP contribution in [-0.4, -0.2) is 35.0 Å². The van der Waals surface area contributed by atoms with Crippen molar-refractivity contribution in [3.63, 3.8) is 0 Å². The van der Waals surface area contributed by atoms with Crippen LogP contribution in [0.3, 0.4) is 0 Å². The van der Waals surface area contributed by atoms with E-state index in [4.69, 9.17) is 5.73 Å². The second-order valence-electron chi connectivity index (χ2n) is 4.48. The zero-order chi connectivity index (χ0) is 13.7. The average molecular weight is 275 g/mol. The molecule has 0 aliphatic heterocycles. The molecule has 3 N–H and O–H groups in total. The highest BCUT2D eigenvalue weighted by Crippen LogP contribution is 2.46. The van der Waals surface area contributed by atoms with E-state index in [0.717, 1.165) is 12.8 Å². The van der Waals surface area contributed by atoms with Crippen LogP contribution in [0.5, 0.6) is 0 Å². The smallest absolute Gasteiger partial charge is 0.271 e. The molecule has 1 aliphatic rings. The number of amides is 1. The van der Waals surface area contributed by atoms with Gasteiger partial charge in [0, 0.05) is 17.5 Å². The average Bonchev–Trinajstić information content (AvgIpc) is 3.23. The molecule has 1 heterocycles. The van der Waals surface area contributed by atoms with Gasteiger partial charge in [0.1, 0.15) is 5.69 Å². The standard InChI is InChI=1S/C14H17N3OS/c1-19-14(6-7-14)10-17-13(18)12-11(4-2-8-15)5-3-9-16-12/h3,5,9H,6-8,10,15H2,1H3,(H,17,18). The van der Waals surface area contributed by atoms with E-state index < -0.39 is 0 Å². The van der Waals surface area contributed by atoms with Gasteiger partial charge in [-0.05, 0) is 31.2 Å². The zero-order valence-corrected chi connectivity index (χ0v) is 11.7. The quantitative estimate of drug-likeness (QED) is 0.805.